The van der Waals surface area contributed by atoms with Gasteiger partial charge in [-0.3, -0.25) is 4.79 Å². The number of benzene rings is 2. The molecule has 0 unspecified atom stereocenters. The minimum Gasteiger partial charge on any atom is -0.481 e. The van der Waals surface area contributed by atoms with Crippen molar-refractivity contribution in [2.24, 2.45) is 0 Å². The summed E-state index contributed by atoms with van der Waals surface area (Å²) in [4.78, 5) is 11.1. The molecule has 0 aliphatic heterocycles. The Kier molecular flexibility index (Phi) is 4.33. The third-order valence-corrected chi connectivity index (χ3v) is 3.55. The maximum Gasteiger partial charge on any atom is 0.306 e. The molecule has 0 amide bonds. The maximum atomic E-state index is 11.1. The fourth-order valence-corrected chi connectivity index (χ4v) is 2.29. The number of carboxylic acid groups (broad SMARTS) is 1. The summed E-state index contributed by atoms with van der Waals surface area (Å²) in [5.41, 5.74) is -0.695. The smallest absolute Gasteiger partial charge is 0.306 e. The number of aliphatic carboxylic acids is 1. The summed E-state index contributed by atoms with van der Waals surface area (Å²) in [7, 11) is 0. The average Bonchev–Trinajstić information content (AvgIpc) is 2.39. The van der Waals surface area contributed by atoms with Gasteiger partial charge in [0.05, 0.1) is 6.42 Å². The molecule has 0 fully saturated rings. The van der Waals surface area contributed by atoms with E-state index in [9.17, 15) is 9.90 Å². The van der Waals surface area contributed by atoms with Crippen molar-refractivity contribution in [3.05, 3.63) is 69.7 Å². The Bertz CT molecular complexity index is 561. The number of halogens is 2. The normalized spacial score (nSPS) is 11.3. The molecule has 104 valence electrons. The zero-order chi connectivity index (χ0) is 14.8. The van der Waals surface area contributed by atoms with Gasteiger partial charge in [0.15, 0.2) is 0 Å². The zero-order valence-electron chi connectivity index (χ0n) is 10.4. The van der Waals surface area contributed by atoms with E-state index in [1.165, 1.54) is 0 Å². The van der Waals surface area contributed by atoms with Crippen molar-refractivity contribution >= 4 is 29.2 Å². The van der Waals surface area contributed by atoms with Crippen molar-refractivity contribution in [3.8, 4) is 0 Å². The molecule has 0 aromatic heterocycles. The summed E-state index contributed by atoms with van der Waals surface area (Å²) < 4.78 is 0. The molecule has 2 aromatic carbocycles. The van der Waals surface area contributed by atoms with Gasteiger partial charge in [-0.1, -0.05) is 47.5 Å². The summed E-state index contributed by atoms with van der Waals surface area (Å²) >= 11 is 11.6. The lowest BCUT2D eigenvalue weighted by Gasteiger charge is -2.28. The van der Waals surface area contributed by atoms with Gasteiger partial charge in [-0.15, -0.1) is 0 Å². The average molecular weight is 311 g/mol. The Morgan fingerprint density at radius 2 is 1.25 bits per heavy atom. The Morgan fingerprint density at radius 3 is 1.55 bits per heavy atom. The molecule has 20 heavy (non-hydrogen) atoms. The van der Waals surface area contributed by atoms with Crippen molar-refractivity contribution in [2.45, 2.75) is 12.0 Å². The molecule has 0 heterocycles. The quantitative estimate of drug-likeness (QED) is 0.905. The van der Waals surface area contributed by atoms with E-state index in [4.69, 9.17) is 28.3 Å². The summed E-state index contributed by atoms with van der Waals surface area (Å²) in [5, 5.41) is 20.9. The standard InChI is InChI=1S/C15H12Cl2O3/c16-12-5-1-10(2-6-12)15(20,9-14(18)19)11-3-7-13(17)8-4-11/h1-8,20H,9H2,(H,18,19). The summed E-state index contributed by atoms with van der Waals surface area (Å²) in [5.74, 6) is -1.10. The lowest BCUT2D eigenvalue weighted by molar-refractivity contribution is -0.141. The van der Waals surface area contributed by atoms with Crippen molar-refractivity contribution in [1.82, 2.24) is 0 Å². The largest absolute Gasteiger partial charge is 0.481 e. The zero-order valence-corrected chi connectivity index (χ0v) is 11.9. The molecule has 0 bridgehead atoms. The number of hydrogen-bond acceptors (Lipinski definition) is 2. The topological polar surface area (TPSA) is 57.5 Å². The molecule has 2 aromatic rings. The van der Waals surface area contributed by atoms with Gasteiger partial charge in [0, 0.05) is 10.0 Å². The van der Waals surface area contributed by atoms with E-state index in [-0.39, 0.29) is 0 Å². The van der Waals surface area contributed by atoms with Gasteiger partial charge in [0.1, 0.15) is 5.60 Å². The Hall–Kier alpha value is -1.55. The van der Waals surface area contributed by atoms with Crippen LogP contribution in [0.15, 0.2) is 48.5 Å². The number of aliphatic hydroxyl groups is 1. The first kappa shape index (κ1) is 14.9. The van der Waals surface area contributed by atoms with Crippen LogP contribution in [0.2, 0.25) is 10.0 Å². The molecule has 3 nitrogen and oxygen atoms in total. The fraction of sp³-hybridized carbons (Fsp3) is 0.133. The van der Waals surface area contributed by atoms with E-state index in [1.54, 1.807) is 48.5 Å². The van der Waals surface area contributed by atoms with Crippen molar-refractivity contribution in [1.29, 1.82) is 0 Å². The first-order chi connectivity index (χ1) is 9.41. The molecule has 5 heteroatoms. The van der Waals surface area contributed by atoms with Gasteiger partial charge in [-0.25, -0.2) is 0 Å². The Balaban J connectivity index is 2.52. The third kappa shape index (κ3) is 3.12. The van der Waals surface area contributed by atoms with Crippen LogP contribution in [0.3, 0.4) is 0 Å². The van der Waals surface area contributed by atoms with Gasteiger partial charge in [0.2, 0.25) is 0 Å². The number of hydrogen-bond donors (Lipinski definition) is 2. The van der Waals surface area contributed by atoms with Gasteiger partial charge in [0.25, 0.3) is 0 Å². The molecule has 0 saturated carbocycles. The molecule has 0 spiro atoms. The van der Waals surface area contributed by atoms with Crippen LogP contribution in [-0.2, 0) is 10.4 Å². The monoisotopic (exact) mass is 310 g/mol. The van der Waals surface area contributed by atoms with Crippen LogP contribution in [0.5, 0.6) is 0 Å². The minimum absolute atomic E-state index is 0.448. The van der Waals surface area contributed by atoms with E-state index in [0.29, 0.717) is 21.2 Å². The molecule has 2 rings (SSSR count). The van der Waals surface area contributed by atoms with Crippen LogP contribution in [0, 0.1) is 0 Å². The lowest BCUT2D eigenvalue weighted by Crippen LogP contribution is -2.30. The van der Waals surface area contributed by atoms with Crippen molar-refractivity contribution < 1.29 is 15.0 Å². The van der Waals surface area contributed by atoms with Gasteiger partial charge in [-0.2, -0.15) is 0 Å². The Labute approximate surface area is 126 Å². The number of carbonyl (C=O) groups is 1. The highest BCUT2D eigenvalue weighted by Gasteiger charge is 2.34. The highest BCUT2D eigenvalue weighted by atomic mass is 35.5. The maximum absolute atomic E-state index is 11.1. The SMILES string of the molecule is O=C(O)CC(O)(c1ccc(Cl)cc1)c1ccc(Cl)cc1. The van der Waals surface area contributed by atoms with Crippen LogP contribution in [-0.4, -0.2) is 16.2 Å². The van der Waals surface area contributed by atoms with Gasteiger partial charge in [-0.05, 0) is 35.4 Å². The predicted octanol–water partition coefficient (Wildman–Crippen LogP) is 3.70. The van der Waals surface area contributed by atoms with E-state index >= 15 is 0 Å². The summed E-state index contributed by atoms with van der Waals surface area (Å²) in [6, 6.07) is 12.9. The number of carboxylic acids is 1. The molecule has 0 atom stereocenters. The minimum atomic E-state index is -1.62. The van der Waals surface area contributed by atoms with Crippen LogP contribution in [0.25, 0.3) is 0 Å². The van der Waals surface area contributed by atoms with E-state index in [1.807, 2.05) is 0 Å². The fourth-order valence-electron chi connectivity index (χ4n) is 2.04. The highest BCUT2D eigenvalue weighted by Crippen LogP contribution is 2.34. The van der Waals surface area contributed by atoms with Gasteiger partial charge >= 0.3 is 5.97 Å². The van der Waals surface area contributed by atoms with Crippen LogP contribution in [0.4, 0.5) is 0 Å². The van der Waals surface area contributed by atoms with Crippen molar-refractivity contribution in [3.63, 3.8) is 0 Å². The van der Waals surface area contributed by atoms with E-state index in [2.05, 4.69) is 0 Å². The predicted molar refractivity (Wildman–Crippen MR) is 78.2 cm³/mol. The lowest BCUT2D eigenvalue weighted by atomic mass is 9.83. The second kappa shape index (κ2) is 5.83. The first-order valence-corrected chi connectivity index (χ1v) is 6.64. The third-order valence-electron chi connectivity index (χ3n) is 3.05. The summed E-state index contributed by atoms with van der Waals surface area (Å²) in [6.45, 7) is 0. The molecule has 0 saturated heterocycles. The number of rotatable bonds is 4. The molecular formula is C15H12Cl2O3. The van der Waals surface area contributed by atoms with Crippen LogP contribution < -0.4 is 0 Å². The molecule has 0 aliphatic rings. The van der Waals surface area contributed by atoms with Gasteiger partial charge < -0.3 is 10.2 Å². The summed E-state index contributed by atoms with van der Waals surface area (Å²) in [6.07, 6.45) is -0.448. The molecule has 0 aliphatic carbocycles. The molecular weight excluding hydrogens is 299 g/mol. The highest BCUT2D eigenvalue weighted by molar-refractivity contribution is 6.30. The van der Waals surface area contributed by atoms with Crippen LogP contribution >= 0.6 is 23.2 Å². The molecule has 0 radical (unpaired) electrons. The van der Waals surface area contributed by atoms with E-state index in [0.717, 1.165) is 0 Å². The Morgan fingerprint density at radius 1 is 0.900 bits per heavy atom. The second-order valence-electron chi connectivity index (χ2n) is 4.44. The van der Waals surface area contributed by atoms with E-state index < -0.39 is 18.0 Å². The molecule has 2 N–H and O–H groups in total. The van der Waals surface area contributed by atoms with Crippen molar-refractivity contribution in [2.75, 3.05) is 0 Å². The second-order valence-corrected chi connectivity index (χ2v) is 5.32. The first-order valence-electron chi connectivity index (χ1n) is 5.88. The van der Waals surface area contributed by atoms with Crippen LogP contribution in [0.1, 0.15) is 17.5 Å².